The second-order valence-corrected chi connectivity index (χ2v) is 4.40. The maximum Gasteiger partial charge on any atom is 0.323 e. The van der Waals surface area contributed by atoms with E-state index in [9.17, 15) is 4.79 Å². The number of amides is 2. The van der Waals surface area contributed by atoms with Crippen molar-refractivity contribution in [1.82, 2.24) is 15.2 Å². The molecule has 0 unspecified atom stereocenters. The van der Waals surface area contributed by atoms with Crippen LogP contribution in [0.3, 0.4) is 0 Å². The van der Waals surface area contributed by atoms with Gasteiger partial charge in [-0.2, -0.15) is 0 Å². The summed E-state index contributed by atoms with van der Waals surface area (Å²) in [6.45, 7) is 1.68. The molecule has 76 valence electrons. The van der Waals surface area contributed by atoms with E-state index in [-0.39, 0.29) is 6.03 Å². The predicted octanol–water partition coefficient (Wildman–Crippen LogP) is 0.840. The molecule has 0 saturated carbocycles. The van der Waals surface area contributed by atoms with Gasteiger partial charge in [0.1, 0.15) is 0 Å². The highest BCUT2D eigenvalue weighted by molar-refractivity contribution is 7.15. The summed E-state index contributed by atoms with van der Waals surface area (Å²) < 4.78 is 0. The Morgan fingerprint density at radius 3 is 3.00 bits per heavy atom. The van der Waals surface area contributed by atoms with Crippen LogP contribution < -0.4 is 10.6 Å². The van der Waals surface area contributed by atoms with Gasteiger partial charge in [-0.25, -0.2) is 9.78 Å². The van der Waals surface area contributed by atoms with Crippen molar-refractivity contribution in [1.29, 1.82) is 0 Å². The minimum Gasteiger partial charge on any atom is -0.331 e. The van der Waals surface area contributed by atoms with Crippen LogP contribution in [-0.4, -0.2) is 30.0 Å². The number of hydrogen-bond donors (Lipinski definition) is 2. The van der Waals surface area contributed by atoms with E-state index < -0.39 is 0 Å². The lowest BCUT2D eigenvalue weighted by atomic mass is 10.4. The summed E-state index contributed by atoms with van der Waals surface area (Å²) in [6, 6.07) is -0.134. The molecule has 0 spiro atoms. The molecule has 1 aliphatic rings. The molecular formula is C8H12N4OS. The van der Waals surface area contributed by atoms with Gasteiger partial charge in [0.2, 0.25) is 0 Å². The van der Waals surface area contributed by atoms with Crippen LogP contribution in [0.25, 0.3) is 0 Å². The van der Waals surface area contributed by atoms with Crippen molar-refractivity contribution < 1.29 is 4.79 Å². The van der Waals surface area contributed by atoms with Crippen LogP contribution in [0.5, 0.6) is 0 Å². The Morgan fingerprint density at radius 2 is 2.36 bits per heavy atom. The van der Waals surface area contributed by atoms with Crippen LogP contribution >= 0.6 is 11.3 Å². The molecule has 2 heterocycles. The number of fused-ring (bicyclic) bond motifs is 1. The molecule has 2 rings (SSSR count). The first-order valence-electron chi connectivity index (χ1n) is 4.34. The molecule has 0 radical (unpaired) electrons. The first kappa shape index (κ1) is 9.42. The number of urea groups is 1. The highest BCUT2D eigenvalue weighted by Crippen LogP contribution is 2.26. The molecule has 6 heteroatoms. The number of aromatic nitrogens is 1. The molecule has 1 aromatic rings. The van der Waals surface area contributed by atoms with Crippen LogP contribution in [-0.2, 0) is 13.1 Å². The van der Waals surface area contributed by atoms with Crippen molar-refractivity contribution in [3.8, 4) is 0 Å². The number of thiazole rings is 1. The minimum atomic E-state index is -0.134. The Morgan fingerprint density at radius 1 is 1.57 bits per heavy atom. The van der Waals surface area contributed by atoms with E-state index in [4.69, 9.17) is 0 Å². The molecule has 0 aromatic carbocycles. The summed E-state index contributed by atoms with van der Waals surface area (Å²) in [6.07, 6.45) is 0. The summed E-state index contributed by atoms with van der Waals surface area (Å²) in [7, 11) is 3.41. The fourth-order valence-electron chi connectivity index (χ4n) is 1.21. The Labute approximate surface area is 86.1 Å². The first-order chi connectivity index (χ1) is 6.66. The number of carbonyl (C=O) groups excluding carboxylic acids is 1. The van der Waals surface area contributed by atoms with Crippen molar-refractivity contribution >= 4 is 22.5 Å². The fraction of sp³-hybridized carbons (Fsp3) is 0.500. The number of nitrogens with one attached hydrogen (secondary N) is 2. The zero-order chi connectivity index (χ0) is 10.1. The highest BCUT2D eigenvalue weighted by Gasteiger charge is 2.17. The van der Waals surface area contributed by atoms with E-state index in [0.29, 0.717) is 5.13 Å². The molecule has 2 N–H and O–H groups in total. The quantitative estimate of drug-likeness (QED) is 0.725. The summed E-state index contributed by atoms with van der Waals surface area (Å²) >= 11 is 1.54. The van der Waals surface area contributed by atoms with E-state index in [2.05, 4.69) is 15.6 Å². The largest absolute Gasteiger partial charge is 0.331 e. The third kappa shape index (κ3) is 1.71. The lowest BCUT2D eigenvalue weighted by Crippen LogP contribution is -2.27. The molecule has 0 fully saturated rings. The smallest absolute Gasteiger partial charge is 0.323 e. The molecule has 0 saturated heterocycles. The van der Waals surface area contributed by atoms with Gasteiger partial charge in [0.25, 0.3) is 0 Å². The van der Waals surface area contributed by atoms with Crippen LogP contribution in [0.15, 0.2) is 0 Å². The van der Waals surface area contributed by atoms with Gasteiger partial charge in [-0.3, -0.25) is 5.32 Å². The zero-order valence-corrected chi connectivity index (χ0v) is 8.94. The number of rotatable bonds is 1. The van der Waals surface area contributed by atoms with E-state index in [1.54, 1.807) is 14.1 Å². The van der Waals surface area contributed by atoms with Crippen molar-refractivity contribution in [3.63, 3.8) is 0 Å². The van der Waals surface area contributed by atoms with Crippen LogP contribution in [0.2, 0.25) is 0 Å². The van der Waals surface area contributed by atoms with Crippen LogP contribution in [0, 0.1) is 0 Å². The maximum atomic E-state index is 11.3. The summed E-state index contributed by atoms with van der Waals surface area (Å²) in [5.74, 6) is 0. The molecule has 0 aliphatic carbocycles. The Hall–Kier alpha value is -1.14. The number of nitrogens with zero attached hydrogens (tertiary/aromatic N) is 2. The summed E-state index contributed by atoms with van der Waals surface area (Å²) in [5.41, 5.74) is 1.06. The monoisotopic (exact) mass is 212 g/mol. The topological polar surface area (TPSA) is 57.3 Å². The van der Waals surface area contributed by atoms with E-state index in [1.807, 2.05) is 0 Å². The van der Waals surface area contributed by atoms with Crippen molar-refractivity contribution in [2.75, 3.05) is 19.4 Å². The lowest BCUT2D eigenvalue weighted by Gasteiger charge is -2.09. The number of anilines is 1. The van der Waals surface area contributed by atoms with Crippen molar-refractivity contribution in [2.24, 2.45) is 0 Å². The molecule has 1 aliphatic heterocycles. The second kappa shape index (κ2) is 3.55. The van der Waals surface area contributed by atoms with E-state index in [1.165, 1.54) is 21.1 Å². The Bertz CT molecular complexity index is 339. The third-order valence-corrected chi connectivity index (χ3v) is 2.99. The van der Waals surface area contributed by atoms with Gasteiger partial charge >= 0.3 is 6.03 Å². The van der Waals surface area contributed by atoms with Crippen LogP contribution in [0.4, 0.5) is 9.93 Å². The predicted molar refractivity (Wildman–Crippen MR) is 55.4 cm³/mol. The average molecular weight is 212 g/mol. The minimum absolute atomic E-state index is 0.134. The fourth-order valence-corrected chi connectivity index (χ4v) is 2.15. The van der Waals surface area contributed by atoms with Crippen molar-refractivity contribution in [3.05, 3.63) is 10.6 Å². The first-order valence-corrected chi connectivity index (χ1v) is 5.16. The molecule has 0 bridgehead atoms. The second-order valence-electron chi connectivity index (χ2n) is 3.32. The van der Waals surface area contributed by atoms with Crippen LogP contribution in [0.1, 0.15) is 10.6 Å². The summed E-state index contributed by atoms with van der Waals surface area (Å²) in [4.78, 5) is 18.3. The zero-order valence-electron chi connectivity index (χ0n) is 8.13. The van der Waals surface area contributed by atoms with Gasteiger partial charge in [-0.05, 0) is 0 Å². The standard InChI is InChI=1S/C8H12N4OS/c1-12(2)8(13)11-7-10-5-3-9-4-6(5)14-7/h9H,3-4H2,1-2H3,(H,10,11,13). The molecule has 5 nitrogen and oxygen atoms in total. The van der Waals surface area contributed by atoms with E-state index in [0.717, 1.165) is 18.8 Å². The molecule has 0 atom stereocenters. The van der Waals surface area contributed by atoms with Gasteiger partial charge in [0, 0.05) is 32.1 Å². The van der Waals surface area contributed by atoms with Gasteiger partial charge in [0.05, 0.1) is 5.69 Å². The average Bonchev–Trinajstić information content (AvgIpc) is 2.63. The molecule has 2 amide bonds. The number of carbonyl (C=O) groups is 1. The normalized spacial score (nSPS) is 13.9. The third-order valence-electron chi connectivity index (χ3n) is 1.98. The number of hydrogen-bond acceptors (Lipinski definition) is 4. The molecule has 14 heavy (non-hydrogen) atoms. The molecular weight excluding hydrogens is 200 g/mol. The van der Waals surface area contributed by atoms with Gasteiger partial charge in [0.15, 0.2) is 5.13 Å². The highest BCUT2D eigenvalue weighted by atomic mass is 32.1. The Balaban J connectivity index is 2.07. The van der Waals surface area contributed by atoms with E-state index >= 15 is 0 Å². The molecule has 1 aromatic heterocycles. The Kier molecular flexibility index (Phi) is 2.39. The SMILES string of the molecule is CN(C)C(=O)Nc1nc2c(s1)CNC2. The van der Waals surface area contributed by atoms with Crippen molar-refractivity contribution in [2.45, 2.75) is 13.1 Å². The van der Waals surface area contributed by atoms with Gasteiger partial charge < -0.3 is 10.2 Å². The van der Waals surface area contributed by atoms with Gasteiger partial charge in [-0.1, -0.05) is 11.3 Å². The van der Waals surface area contributed by atoms with Gasteiger partial charge in [-0.15, -0.1) is 0 Å². The summed E-state index contributed by atoms with van der Waals surface area (Å²) in [5, 5.41) is 6.62. The maximum absolute atomic E-state index is 11.3. The lowest BCUT2D eigenvalue weighted by molar-refractivity contribution is 0.230.